The van der Waals surface area contributed by atoms with Crippen LogP contribution in [0, 0.1) is 5.92 Å². The second-order valence-corrected chi connectivity index (χ2v) is 7.45. The van der Waals surface area contributed by atoms with Crippen LogP contribution in [-0.2, 0) is 10.2 Å². The van der Waals surface area contributed by atoms with Crippen LogP contribution in [0.5, 0.6) is 5.75 Å². The zero-order valence-electron chi connectivity index (χ0n) is 16.3. The van der Waals surface area contributed by atoms with Crippen LogP contribution in [-0.4, -0.2) is 58.4 Å². The highest BCUT2D eigenvalue weighted by molar-refractivity contribution is 5.79. The Bertz CT molecular complexity index is 551. The van der Waals surface area contributed by atoms with Gasteiger partial charge in [0.05, 0.1) is 13.7 Å². The molecule has 140 valence electrons. The molecule has 0 aromatic heterocycles. The quantitative estimate of drug-likeness (QED) is 0.424. The number of hydrogen-bond donors (Lipinski definition) is 1. The van der Waals surface area contributed by atoms with Gasteiger partial charge in [-0.2, -0.15) is 0 Å². The summed E-state index contributed by atoms with van der Waals surface area (Å²) in [5, 5.41) is 3.49. The van der Waals surface area contributed by atoms with Crippen molar-refractivity contribution in [1.82, 2.24) is 10.2 Å². The molecule has 0 unspecified atom stereocenters. The third-order valence-electron chi connectivity index (χ3n) is 4.75. The van der Waals surface area contributed by atoms with Crippen LogP contribution in [0.25, 0.3) is 0 Å². The number of aliphatic imine (C=N–C) groups is 1. The van der Waals surface area contributed by atoms with Crippen LogP contribution in [0.15, 0.2) is 29.3 Å². The first-order valence-electron chi connectivity index (χ1n) is 9.10. The van der Waals surface area contributed by atoms with Gasteiger partial charge in [-0.3, -0.25) is 4.99 Å². The van der Waals surface area contributed by atoms with Crippen molar-refractivity contribution in [3.63, 3.8) is 0 Å². The fourth-order valence-electron chi connectivity index (χ4n) is 2.67. The highest BCUT2D eigenvalue weighted by Gasteiger charge is 2.22. The van der Waals surface area contributed by atoms with Crippen molar-refractivity contribution in [2.75, 3.05) is 47.5 Å². The molecule has 2 rings (SSSR count). The molecule has 0 bridgehead atoms. The molecule has 1 aromatic carbocycles. The van der Waals surface area contributed by atoms with Crippen molar-refractivity contribution in [3.05, 3.63) is 29.8 Å². The largest absolute Gasteiger partial charge is 0.497 e. The molecule has 1 N–H and O–H groups in total. The molecule has 0 amide bonds. The van der Waals surface area contributed by atoms with E-state index in [0.717, 1.165) is 43.9 Å². The SMILES string of the molecule is CN=C(NCC(C)(C)c1ccc(OC)cc1)N(C)CCOCC1CC1. The van der Waals surface area contributed by atoms with Gasteiger partial charge in [-0.25, -0.2) is 0 Å². The van der Waals surface area contributed by atoms with E-state index < -0.39 is 0 Å². The minimum atomic E-state index is -0.00841. The fourth-order valence-corrected chi connectivity index (χ4v) is 2.67. The topological polar surface area (TPSA) is 46.1 Å². The summed E-state index contributed by atoms with van der Waals surface area (Å²) in [6.45, 7) is 7.76. The van der Waals surface area contributed by atoms with Crippen LogP contribution < -0.4 is 10.1 Å². The molecule has 0 spiro atoms. The Hall–Kier alpha value is -1.75. The maximum atomic E-state index is 5.72. The van der Waals surface area contributed by atoms with Gasteiger partial charge in [-0.1, -0.05) is 26.0 Å². The van der Waals surface area contributed by atoms with E-state index >= 15 is 0 Å². The fraction of sp³-hybridized carbons (Fsp3) is 0.650. The van der Waals surface area contributed by atoms with Gasteiger partial charge < -0.3 is 19.7 Å². The molecular formula is C20H33N3O2. The summed E-state index contributed by atoms with van der Waals surface area (Å²) in [6, 6.07) is 8.27. The Morgan fingerprint density at radius 3 is 2.52 bits per heavy atom. The number of nitrogens with one attached hydrogen (secondary N) is 1. The van der Waals surface area contributed by atoms with Crippen LogP contribution >= 0.6 is 0 Å². The minimum absolute atomic E-state index is 0.00841. The molecule has 0 heterocycles. The van der Waals surface area contributed by atoms with Crippen molar-refractivity contribution in [2.24, 2.45) is 10.9 Å². The normalized spacial score (nSPS) is 15.2. The van der Waals surface area contributed by atoms with Crippen molar-refractivity contribution < 1.29 is 9.47 Å². The molecule has 1 saturated carbocycles. The Morgan fingerprint density at radius 2 is 1.96 bits per heavy atom. The number of hydrogen-bond acceptors (Lipinski definition) is 3. The summed E-state index contributed by atoms with van der Waals surface area (Å²) >= 11 is 0. The predicted molar refractivity (Wildman–Crippen MR) is 104 cm³/mol. The highest BCUT2D eigenvalue weighted by Crippen LogP contribution is 2.28. The summed E-state index contributed by atoms with van der Waals surface area (Å²) < 4.78 is 11.0. The molecule has 0 radical (unpaired) electrons. The zero-order valence-corrected chi connectivity index (χ0v) is 16.3. The Labute approximate surface area is 152 Å². The number of ether oxygens (including phenoxy) is 2. The molecule has 0 saturated heterocycles. The Morgan fingerprint density at radius 1 is 1.28 bits per heavy atom. The molecule has 1 aliphatic carbocycles. The second-order valence-electron chi connectivity index (χ2n) is 7.45. The van der Waals surface area contributed by atoms with Crippen LogP contribution in [0.3, 0.4) is 0 Å². The van der Waals surface area contributed by atoms with E-state index in [1.54, 1.807) is 7.11 Å². The Balaban J connectivity index is 1.80. The van der Waals surface area contributed by atoms with Crippen LogP contribution in [0.1, 0.15) is 32.3 Å². The first kappa shape index (κ1) is 19.6. The zero-order chi connectivity index (χ0) is 18.3. The summed E-state index contributed by atoms with van der Waals surface area (Å²) in [6.07, 6.45) is 2.67. The number of nitrogens with zero attached hydrogens (tertiary/aromatic N) is 2. The van der Waals surface area contributed by atoms with Gasteiger partial charge >= 0.3 is 0 Å². The third-order valence-corrected chi connectivity index (χ3v) is 4.75. The lowest BCUT2D eigenvalue weighted by atomic mass is 9.84. The number of benzene rings is 1. The average Bonchev–Trinajstić information content (AvgIpc) is 3.43. The van der Waals surface area contributed by atoms with Gasteiger partial charge in [0.2, 0.25) is 0 Å². The standard InChI is InChI=1S/C20H33N3O2/c1-20(2,17-8-10-18(24-5)11-9-17)15-22-19(21-3)23(4)12-13-25-14-16-6-7-16/h8-11,16H,6-7,12-15H2,1-5H3,(H,21,22). The van der Waals surface area contributed by atoms with Gasteiger partial charge in [0, 0.05) is 39.2 Å². The van der Waals surface area contributed by atoms with Gasteiger partial charge in [-0.15, -0.1) is 0 Å². The lowest BCUT2D eigenvalue weighted by Gasteiger charge is -2.29. The van der Waals surface area contributed by atoms with Crippen molar-refractivity contribution in [2.45, 2.75) is 32.1 Å². The lowest BCUT2D eigenvalue weighted by molar-refractivity contribution is 0.115. The molecule has 1 aliphatic rings. The molecule has 5 heteroatoms. The van der Waals surface area contributed by atoms with Gasteiger partial charge in [0.25, 0.3) is 0 Å². The van der Waals surface area contributed by atoms with E-state index in [4.69, 9.17) is 9.47 Å². The van der Waals surface area contributed by atoms with Crippen molar-refractivity contribution in [1.29, 1.82) is 0 Å². The molecule has 0 aliphatic heterocycles. The summed E-state index contributed by atoms with van der Waals surface area (Å²) in [5.74, 6) is 2.60. The van der Waals surface area contributed by atoms with E-state index in [1.807, 2.05) is 19.2 Å². The number of guanidine groups is 1. The van der Waals surface area contributed by atoms with Crippen molar-refractivity contribution in [3.8, 4) is 5.75 Å². The predicted octanol–water partition coefficient (Wildman–Crippen LogP) is 2.91. The maximum Gasteiger partial charge on any atom is 0.193 e. The molecule has 25 heavy (non-hydrogen) atoms. The first-order chi connectivity index (χ1) is 12.0. The summed E-state index contributed by atoms with van der Waals surface area (Å²) in [4.78, 5) is 6.52. The molecule has 1 fully saturated rings. The molecule has 1 aromatic rings. The van der Waals surface area contributed by atoms with E-state index in [0.29, 0.717) is 0 Å². The molecular weight excluding hydrogens is 314 g/mol. The summed E-state index contributed by atoms with van der Waals surface area (Å²) in [7, 11) is 5.57. The van der Waals surface area contributed by atoms with Crippen molar-refractivity contribution >= 4 is 5.96 Å². The molecule has 0 atom stereocenters. The Kier molecular flexibility index (Phi) is 7.12. The maximum absolute atomic E-state index is 5.72. The van der Waals surface area contributed by atoms with E-state index in [-0.39, 0.29) is 5.41 Å². The van der Waals surface area contributed by atoms with Gasteiger partial charge in [-0.05, 0) is 36.5 Å². The minimum Gasteiger partial charge on any atom is -0.497 e. The highest BCUT2D eigenvalue weighted by atomic mass is 16.5. The van der Waals surface area contributed by atoms with Gasteiger partial charge in [0.1, 0.15) is 5.75 Å². The van der Waals surface area contributed by atoms with Crippen LogP contribution in [0.4, 0.5) is 0 Å². The van der Waals surface area contributed by atoms with Gasteiger partial charge in [0.15, 0.2) is 5.96 Å². The number of rotatable bonds is 9. The second kappa shape index (κ2) is 9.09. The van der Waals surface area contributed by atoms with E-state index in [2.05, 4.69) is 48.2 Å². The average molecular weight is 348 g/mol. The van der Waals surface area contributed by atoms with E-state index in [1.165, 1.54) is 18.4 Å². The summed E-state index contributed by atoms with van der Waals surface area (Å²) in [5.41, 5.74) is 1.26. The third kappa shape index (κ3) is 6.24. The van der Waals surface area contributed by atoms with E-state index in [9.17, 15) is 0 Å². The first-order valence-corrected chi connectivity index (χ1v) is 9.10. The molecule has 5 nitrogen and oxygen atoms in total. The number of methoxy groups -OCH3 is 1. The monoisotopic (exact) mass is 347 g/mol. The lowest BCUT2D eigenvalue weighted by Crippen LogP contribution is -2.45. The smallest absolute Gasteiger partial charge is 0.193 e. The number of likely N-dealkylation sites (N-methyl/N-ethyl adjacent to an activating group) is 1. The van der Waals surface area contributed by atoms with Crippen LogP contribution in [0.2, 0.25) is 0 Å².